The Bertz CT molecular complexity index is 603. The second-order valence-electron chi connectivity index (χ2n) is 4.99. The lowest BCUT2D eigenvalue weighted by atomic mass is 10.1. The standard InChI is InChI=1S/C15H20N2O2S/c1-3-11-17-12-5-4-6-15(17)16-20(18,19)14-9-7-13(2)8-10-14/h3,7-10H,1,4-6,11-12H2,2H3/b16-15+. The van der Waals surface area contributed by atoms with Crippen LogP contribution in [0.4, 0.5) is 0 Å². The molecule has 0 aromatic heterocycles. The van der Waals surface area contributed by atoms with E-state index in [-0.39, 0.29) is 4.90 Å². The van der Waals surface area contributed by atoms with Crippen molar-refractivity contribution in [2.24, 2.45) is 4.40 Å². The number of rotatable bonds is 4. The monoisotopic (exact) mass is 292 g/mol. The summed E-state index contributed by atoms with van der Waals surface area (Å²) in [5.74, 6) is 0.650. The minimum absolute atomic E-state index is 0.250. The number of aryl methyl sites for hydroxylation is 1. The zero-order valence-electron chi connectivity index (χ0n) is 11.7. The van der Waals surface area contributed by atoms with Crippen molar-refractivity contribution in [3.8, 4) is 0 Å². The number of sulfonamides is 1. The quantitative estimate of drug-likeness (QED) is 0.802. The van der Waals surface area contributed by atoms with E-state index in [0.29, 0.717) is 18.8 Å². The molecule has 4 nitrogen and oxygen atoms in total. The lowest BCUT2D eigenvalue weighted by Crippen LogP contribution is -2.36. The van der Waals surface area contributed by atoms with E-state index in [4.69, 9.17) is 0 Å². The number of hydrogen-bond acceptors (Lipinski definition) is 2. The number of likely N-dealkylation sites (tertiary alicyclic amines) is 1. The average molecular weight is 292 g/mol. The van der Waals surface area contributed by atoms with Crippen molar-refractivity contribution >= 4 is 15.9 Å². The Labute approximate surface area is 120 Å². The van der Waals surface area contributed by atoms with Gasteiger partial charge in [-0.1, -0.05) is 23.8 Å². The largest absolute Gasteiger partial charge is 0.356 e. The van der Waals surface area contributed by atoms with Crippen molar-refractivity contribution in [2.75, 3.05) is 13.1 Å². The number of hydrogen-bond donors (Lipinski definition) is 0. The van der Waals surface area contributed by atoms with E-state index < -0.39 is 10.0 Å². The fourth-order valence-corrected chi connectivity index (χ4v) is 3.30. The molecule has 1 aliphatic heterocycles. The molecule has 0 bridgehead atoms. The molecular formula is C15H20N2O2S. The van der Waals surface area contributed by atoms with Crippen LogP contribution in [0, 0.1) is 6.92 Å². The van der Waals surface area contributed by atoms with E-state index in [9.17, 15) is 8.42 Å². The maximum absolute atomic E-state index is 12.3. The number of nitrogens with zero attached hydrogens (tertiary/aromatic N) is 2. The molecule has 0 N–H and O–H groups in total. The van der Waals surface area contributed by atoms with Crippen LogP contribution in [0.15, 0.2) is 46.2 Å². The zero-order valence-corrected chi connectivity index (χ0v) is 12.6. The molecule has 1 heterocycles. The summed E-state index contributed by atoms with van der Waals surface area (Å²) in [4.78, 5) is 2.24. The maximum atomic E-state index is 12.3. The summed E-state index contributed by atoms with van der Waals surface area (Å²) in [6.45, 7) is 7.12. The van der Waals surface area contributed by atoms with Gasteiger partial charge in [-0.05, 0) is 31.9 Å². The van der Waals surface area contributed by atoms with Gasteiger partial charge in [-0.3, -0.25) is 0 Å². The number of benzene rings is 1. The van der Waals surface area contributed by atoms with E-state index >= 15 is 0 Å². The molecule has 5 heteroatoms. The summed E-state index contributed by atoms with van der Waals surface area (Å²) in [6, 6.07) is 6.79. The smallest absolute Gasteiger partial charge is 0.283 e. The Morgan fingerprint density at radius 2 is 2.00 bits per heavy atom. The van der Waals surface area contributed by atoms with Crippen LogP contribution in [0.2, 0.25) is 0 Å². The normalized spacial score (nSPS) is 18.2. The molecule has 1 aromatic carbocycles. The van der Waals surface area contributed by atoms with Crippen molar-refractivity contribution in [2.45, 2.75) is 31.1 Å². The first-order valence-electron chi connectivity index (χ1n) is 6.79. The third-order valence-electron chi connectivity index (χ3n) is 3.34. The van der Waals surface area contributed by atoms with Gasteiger partial charge in [0.1, 0.15) is 5.84 Å². The zero-order chi connectivity index (χ0) is 14.6. The van der Waals surface area contributed by atoms with Crippen molar-refractivity contribution < 1.29 is 8.42 Å². The van der Waals surface area contributed by atoms with Gasteiger partial charge >= 0.3 is 0 Å². The van der Waals surface area contributed by atoms with Crippen molar-refractivity contribution in [1.29, 1.82) is 0 Å². The van der Waals surface area contributed by atoms with Crippen molar-refractivity contribution in [1.82, 2.24) is 4.90 Å². The minimum atomic E-state index is -3.62. The molecule has 0 radical (unpaired) electrons. The Balaban J connectivity index is 2.30. The molecule has 0 spiro atoms. The van der Waals surface area contributed by atoms with E-state index in [1.807, 2.05) is 11.8 Å². The molecule has 0 atom stereocenters. The van der Waals surface area contributed by atoms with Crippen LogP contribution in [0.1, 0.15) is 24.8 Å². The van der Waals surface area contributed by atoms with E-state index in [1.54, 1.807) is 30.3 Å². The molecule has 20 heavy (non-hydrogen) atoms. The Morgan fingerprint density at radius 3 is 2.65 bits per heavy atom. The molecule has 2 rings (SSSR count). The molecule has 1 saturated heterocycles. The van der Waals surface area contributed by atoms with Crippen LogP contribution in [0.5, 0.6) is 0 Å². The molecule has 1 aliphatic rings. The van der Waals surface area contributed by atoms with Gasteiger partial charge in [-0.2, -0.15) is 8.42 Å². The predicted octanol–water partition coefficient (Wildman–Crippen LogP) is 2.75. The first-order chi connectivity index (χ1) is 9.53. The Kier molecular flexibility index (Phi) is 4.60. The van der Waals surface area contributed by atoms with Crippen LogP contribution >= 0.6 is 0 Å². The Morgan fingerprint density at radius 1 is 1.30 bits per heavy atom. The van der Waals surface area contributed by atoms with Crippen LogP contribution in [0.25, 0.3) is 0 Å². The van der Waals surface area contributed by atoms with Gasteiger partial charge in [0.25, 0.3) is 10.0 Å². The second-order valence-corrected chi connectivity index (χ2v) is 6.59. The second kappa shape index (κ2) is 6.22. The van der Waals surface area contributed by atoms with Gasteiger partial charge in [-0.15, -0.1) is 11.0 Å². The Hall–Kier alpha value is -1.62. The molecule has 1 aromatic rings. The highest BCUT2D eigenvalue weighted by Gasteiger charge is 2.20. The molecule has 1 fully saturated rings. The van der Waals surface area contributed by atoms with Gasteiger partial charge in [0.15, 0.2) is 0 Å². The highest BCUT2D eigenvalue weighted by atomic mass is 32.2. The van der Waals surface area contributed by atoms with Crippen LogP contribution in [0.3, 0.4) is 0 Å². The minimum Gasteiger partial charge on any atom is -0.356 e. The first-order valence-corrected chi connectivity index (χ1v) is 8.23. The molecule has 0 unspecified atom stereocenters. The van der Waals surface area contributed by atoms with E-state index in [1.165, 1.54) is 0 Å². The topological polar surface area (TPSA) is 49.7 Å². The van der Waals surface area contributed by atoms with E-state index in [2.05, 4.69) is 11.0 Å². The van der Waals surface area contributed by atoms with Gasteiger partial charge in [0, 0.05) is 19.5 Å². The highest BCUT2D eigenvalue weighted by Crippen LogP contribution is 2.18. The third-order valence-corrected chi connectivity index (χ3v) is 4.66. The maximum Gasteiger partial charge on any atom is 0.283 e. The molecule has 0 aliphatic carbocycles. The summed E-state index contributed by atoms with van der Waals surface area (Å²) in [5.41, 5.74) is 1.03. The molecular weight excluding hydrogens is 272 g/mol. The SMILES string of the molecule is C=CCN1CCCC/C1=N\S(=O)(=O)c1ccc(C)cc1. The summed E-state index contributed by atoms with van der Waals surface area (Å²) in [5, 5.41) is 0. The van der Waals surface area contributed by atoms with Gasteiger partial charge in [0.2, 0.25) is 0 Å². The number of amidine groups is 1. The lowest BCUT2D eigenvalue weighted by Gasteiger charge is -2.28. The lowest BCUT2D eigenvalue weighted by molar-refractivity contribution is 0.403. The third kappa shape index (κ3) is 3.48. The number of piperidine rings is 1. The summed E-state index contributed by atoms with van der Waals surface area (Å²) < 4.78 is 28.7. The van der Waals surface area contributed by atoms with Crippen LogP contribution < -0.4 is 0 Å². The fourth-order valence-electron chi connectivity index (χ4n) is 2.23. The van der Waals surface area contributed by atoms with E-state index in [0.717, 1.165) is 24.9 Å². The summed E-state index contributed by atoms with van der Waals surface area (Å²) >= 11 is 0. The average Bonchev–Trinajstić information content (AvgIpc) is 2.41. The van der Waals surface area contributed by atoms with Gasteiger partial charge in [-0.25, -0.2) is 0 Å². The molecule has 108 valence electrons. The van der Waals surface area contributed by atoms with Gasteiger partial charge in [0.05, 0.1) is 4.90 Å². The van der Waals surface area contributed by atoms with Crippen molar-refractivity contribution in [3.63, 3.8) is 0 Å². The van der Waals surface area contributed by atoms with Crippen molar-refractivity contribution in [3.05, 3.63) is 42.5 Å². The summed E-state index contributed by atoms with van der Waals surface area (Å²) in [7, 11) is -3.62. The molecule has 0 amide bonds. The first kappa shape index (κ1) is 14.8. The van der Waals surface area contributed by atoms with Gasteiger partial charge < -0.3 is 4.90 Å². The fraction of sp³-hybridized carbons (Fsp3) is 0.400. The van der Waals surface area contributed by atoms with Crippen LogP contribution in [-0.2, 0) is 10.0 Å². The van der Waals surface area contributed by atoms with Crippen LogP contribution in [-0.4, -0.2) is 32.2 Å². The predicted molar refractivity (Wildman–Crippen MR) is 81.4 cm³/mol. The summed E-state index contributed by atoms with van der Waals surface area (Å²) in [6.07, 6.45) is 4.53. The molecule has 0 saturated carbocycles. The highest BCUT2D eigenvalue weighted by molar-refractivity contribution is 7.90.